The third-order valence-corrected chi connectivity index (χ3v) is 4.05. The van der Waals surface area contributed by atoms with Crippen LogP contribution in [0, 0.1) is 0 Å². The van der Waals surface area contributed by atoms with Gasteiger partial charge in [0.25, 0.3) is 0 Å². The molecule has 0 bridgehead atoms. The summed E-state index contributed by atoms with van der Waals surface area (Å²) >= 11 is 0. The van der Waals surface area contributed by atoms with Gasteiger partial charge in [-0.05, 0) is 44.0 Å². The lowest BCUT2D eigenvalue weighted by Crippen LogP contribution is -2.40. The molecule has 1 aromatic carbocycles. The second-order valence-electron chi connectivity index (χ2n) is 5.34. The highest BCUT2D eigenvalue weighted by atomic mass is 15.1. The largest absolute Gasteiger partial charge is 0.306 e. The van der Waals surface area contributed by atoms with Gasteiger partial charge in [-0.3, -0.25) is 0 Å². The van der Waals surface area contributed by atoms with Gasteiger partial charge >= 0.3 is 0 Å². The molecule has 2 nitrogen and oxygen atoms in total. The maximum absolute atomic E-state index is 3.79. The molecule has 2 atom stereocenters. The van der Waals surface area contributed by atoms with Gasteiger partial charge < -0.3 is 10.2 Å². The average molecular weight is 246 g/mol. The Balaban J connectivity index is 1.91. The first-order chi connectivity index (χ1) is 8.74. The smallest absolute Gasteiger partial charge is 0.0328 e. The summed E-state index contributed by atoms with van der Waals surface area (Å²) in [5, 5.41) is 3.79. The molecule has 0 heterocycles. The summed E-state index contributed by atoms with van der Waals surface area (Å²) in [5.41, 5.74) is 3.05. The summed E-state index contributed by atoms with van der Waals surface area (Å²) in [6, 6.07) is 9.98. The van der Waals surface area contributed by atoms with Gasteiger partial charge in [-0.1, -0.05) is 38.1 Å². The molecule has 1 N–H and O–H groups in total. The Morgan fingerprint density at radius 1 is 1.28 bits per heavy atom. The molecule has 18 heavy (non-hydrogen) atoms. The van der Waals surface area contributed by atoms with Gasteiger partial charge in [-0.2, -0.15) is 0 Å². The van der Waals surface area contributed by atoms with E-state index in [-0.39, 0.29) is 0 Å². The second kappa shape index (κ2) is 6.35. The van der Waals surface area contributed by atoms with E-state index in [1.165, 1.54) is 24.0 Å². The predicted molar refractivity (Wildman–Crippen MR) is 77.9 cm³/mol. The van der Waals surface area contributed by atoms with Crippen molar-refractivity contribution in [2.24, 2.45) is 0 Å². The molecule has 0 radical (unpaired) electrons. The van der Waals surface area contributed by atoms with E-state index in [2.05, 4.69) is 55.3 Å². The van der Waals surface area contributed by atoms with Crippen molar-refractivity contribution in [3.8, 4) is 0 Å². The summed E-state index contributed by atoms with van der Waals surface area (Å²) < 4.78 is 0. The molecular formula is C16H26N2. The molecular weight excluding hydrogens is 220 g/mol. The summed E-state index contributed by atoms with van der Waals surface area (Å²) in [6.07, 6.45) is 2.48. The molecule has 1 aliphatic rings. The maximum atomic E-state index is 3.79. The van der Waals surface area contributed by atoms with Crippen LogP contribution in [0.4, 0.5) is 0 Å². The zero-order chi connectivity index (χ0) is 13.0. The second-order valence-corrected chi connectivity index (χ2v) is 5.34. The van der Waals surface area contributed by atoms with Crippen LogP contribution < -0.4 is 5.32 Å². The summed E-state index contributed by atoms with van der Waals surface area (Å²) in [5.74, 6) is 0. The number of nitrogens with zero attached hydrogens (tertiary/aromatic N) is 1. The number of likely N-dealkylation sites (N-methyl/N-ethyl adjacent to an activating group) is 1. The van der Waals surface area contributed by atoms with Crippen molar-refractivity contribution in [2.75, 3.05) is 19.6 Å². The molecule has 1 aliphatic carbocycles. The monoisotopic (exact) mass is 246 g/mol. The van der Waals surface area contributed by atoms with Crippen molar-refractivity contribution in [3.63, 3.8) is 0 Å². The van der Waals surface area contributed by atoms with E-state index in [4.69, 9.17) is 0 Å². The van der Waals surface area contributed by atoms with Gasteiger partial charge in [-0.25, -0.2) is 0 Å². The minimum atomic E-state index is 0.557. The Kier molecular flexibility index (Phi) is 4.79. The van der Waals surface area contributed by atoms with Crippen molar-refractivity contribution in [3.05, 3.63) is 35.4 Å². The lowest BCUT2D eigenvalue weighted by Gasteiger charge is -2.26. The van der Waals surface area contributed by atoms with Gasteiger partial charge in [0.15, 0.2) is 0 Å². The molecule has 0 fully saturated rings. The highest BCUT2D eigenvalue weighted by Crippen LogP contribution is 2.30. The SMILES string of the molecule is CCN(CC)CC(C)NC1CCc2ccccc21. The maximum Gasteiger partial charge on any atom is 0.0328 e. The highest BCUT2D eigenvalue weighted by molar-refractivity contribution is 5.34. The number of rotatable bonds is 6. The Morgan fingerprint density at radius 3 is 2.72 bits per heavy atom. The summed E-state index contributed by atoms with van der Waals surface area (Å²) in [7, 11) is 0. The minimum Gasteiger partial charge on any atom is -0.306 e. The quantitative estimate of drug-likeness (QED) is 0.830. The molecule has 0 saturated carbocycles. The average Bonchev–Trinajstić information content (AvgIpc) is 2.79. The molecule has 2 heteroatoms. The molecule has 2 unspecified atom stereocenters. The molecule has 1 aromatic rings. The molecule has 0 aromatic heterocycles. The Hall–Kier alpha value is -0.860. The topological polar surface area (TPSA) is 15.3 Å². The van der Waals surface area contributed by atoms with Crippen LogP contribution in [0.1, 0.15) is 44.4 Å². The third kappa shape index (κ3) is 3.12. The van der Waals surface area contributed by atoms with Crippen molar-refractivity contribution in [1.82, 2.24) is 10.2 Å². The number of aryl methyl sites for hydroxylation is 1. The molecule has 0 amide bonds. The van der Waals surface area contributed by atoms with Crippen molar-refractivity contribution in [1.29, 1.82) is 0 Å². The van der Waals surface area contributed by atoms with Gasteiger partial charge in [0, 0.05) is 18.6 Å². The predicted octanol–water partition coefficient (Wildman–Crippen LogP) is 2.99. The van der Waals surface area contributed by atoms with Gasteiger partial charge in [-0.15, -0.1) is 0 Å². The lowest BCUT2D eigenvalue weighted by atomic mass is 10.1. The van der Waals surface area contributed by atoms with Crippen molar-refractivity contribution < 1.29 is 0 Å². The number of nitrogens with one attached hydrogen (secondary N) is 1. The lowest BCUT2D eigenvalue weighted by molar-refractivity contribution is 0.261. The minimum absolute atomic E-state index is 0.557. The molecule has 100 valence electrons. The first-order valence-corrected chi connectivity index (χ1v) is 7.30. The first-order valence-electron chi connectivity index (χ1n) is 7.30. The Labute approximate surface area is 111 Å². The number of hydrogen-bond donors (Lipinski definition) is 1. The first kappa shape index (κ1) is 13.6. The number of benzene rings is 1. The van der Waals surface area contributed by atoms with E-state index < -0.39 is 0 Å². The van der Waals surface area contributed by atoms with E-state index in [0.717, 1.165) is 19.6 Å². The number of fused-ring (bicyclic) bond motifs is 1. The van der Waals surface area contributed by atoms with Crippen molar-refractivity contribution in [2.45, 2.75) is 45.7 Å². The summed E-state index contributed by atoms with van der Waals surface area (Å²) in [4.78, 5) is 2.48. The Bertz CT molecular complexity index is 371. The molecule has 0 spiro atoms. The zero-order valence-electron chi connectivity index (χ0n) is 11.9. The van der Waals surface area contributed by atoms with Gasteiger partial charge in [0.05, 0.1) is 0 Å². The third-order valence-electron chi connectivity index (χ3n) is 4.05. The summed E-state index contributed by atoms with van der Waals surface area (Å²) in [6.45, 7) is 10.2. The van der Waals surface area contributed by atoms with E-state index in [9.17, 15) is 0 Å². The Morgan fingerprint density at radius 2 is 2.00 bits per heavy atom. The van der Waals surface area contributed by atoms with Crippen LogP contribution in [0.15, 0.2) is 24.3 Å². The van der Waals surface area contributed by atoms with Crippen LogP contribution >= 0.6 is 0 Å². The van der Waals surface area contributed by atoms with E-state index in [1.807, 2.05) is 0 Å². The fourth-order valence-electron chi connectivity index (χ4n) is 3.00. The fourth-order valence-corrected chi connectivity index (χ4v) is 3.00. The van der Waals surface area contributed by atoms with E-state index in [0.29, 0.717) is 12.1 Å². The van der Waals surface area contributed by atoms with Crippen LogP contribution in [0.2, 0.25) is 0 Å². The molecule has 2 rings (SSSR count). The van der Waals surface area contributed by atoms with Crippen LogP contribution in [-0.2, 0) is 6.42 Å². The normalized spacial score (nSPS) is 20.1. The van der Waals surface area contributed by atoms with Crippen LogP contribution in [0.5, 0.6) is 0 Å². The zero-order valence-corrected chi connectivity index (χ0v) is 11.9. The molecule has 0 saturated heterocycles. The van der Waals surface area contributed by atoms with Crippen molar-refractivity contribution >= 4 is 0 Å². The van der Waals surface area contributed by atoms with Crippen LogP contribution in [-0.4, -0.2) is 30.6 Å². The van der Waals surface area contributed by atoms with Gasteiger partial charge in [0.2, 0.25) is 0 Å². The number of hydrogen-bond acceptors (Lipinski definition) is 2. The molecule has 0 aliphatic heterocycles. The van der Waals surface area contributed by atoms with Crippen LogP contribution in [0.3, 0.4) is 0 Å². The standard InChI is InChI=1S/C16H26N2/c1-4-18(5-2)12-13(3)17-16-11-10-14-8-6-7-9-15(14)16/h6-9,13,16-17H,4-5,10-12H2,1-3H3. The fraction of sp³-hybridized carbons (Fsp3) is 0.625. The highest BCUT2D eigenvalue weighted by Gasteiger charge is 2.23. The van der Waals surface area contributed by atoms with Gasteiger partial charge in [0.1, 0.15) is 0 Å². The van der Waals surface area contributed by atoms with Crippen LogP contribution in [0.25, 0.3) is 0 Å². The van der Waals surface area contributed by atoms with E-state index in [1.54, 1.807) is 0 Å². The van der Waals surface area contributed by atoms with E-state index >= 15 is 0 Å².